The predicted molar refractivity (Wildman–Crippen MR) is 113 cm³/mol. The van der Waals surface area contributed by atoms with Crippen LogP contribution < -0.4 is 5.32 Å². The van der Waals surface area contributed by atoms with Gasteiger partial charge in [0.15, 0.2) is 0 Å². The highest BCUT2D eigenvalue weighted by Crippen LogP contribution is 2.22. The maximum absolute atomic E-state index is 12.5. The Hall–Kier alpha value is -2.72. The Labute approximate surface area is 166 Å². The Morgan fingerprint density at radius 2 is 1.75 bits per heavy atom. The molecule has 0 saturated carbocycles. The summed E-state index contributed by atoms with van der Waals surface area (Å²) in [6.07, 6.45) is 0.231. The molecule has 0 bridgehead atoms. The number of para-hydroxylation sites is 1. The van der Waals surface area contributed by atoms with E-state index < -0.39 is 5.60 Å². The molecule has 1 atom stereocenters. The Morgan fingerprint density at radius 3 is 2.50 bits per heavy atom. The van der Waals surface area contributed by atoms with Crippen LogP contribution in [-0.4, -0.2) is 16.6 Å². The van der Waals surface area contributed by atoms with Crippen LogP contribution in [0, 0.1) is 6.92 Å². The van der Waals surface area contributed by atoms with E-state index in [1.54, 1.807) is 0 Å². The standard InChI is InChI=1S/C24H28N2O2/c1-17-9-5-6-11-19(17)16-25-22(15-23(27)28-24(2,3)4)21-14-13-18-10-7-8-12-20(18)26-21/h5-14,22,25H,15-16H2,1-4H3. The molecular weight excluding hydrogens is 348 g/mol. The van der Waals surface area contributed by atoms with Crippen LogP contribution in [0.1, 0.15) is 50.1 Å². The van der Waals surface area contributed by atoms with E-state index in [4.69, 9.17) is 9.72 Å². The van der Waals surface area contributed by atoms with E-state index in [1.807, 2.05) is 63.2 Å². The molecule has 1 heterocycles. The molecule has 4 nitrogen and oxygen atoms in total. The Kier molecular flexibility index (Phi) is 6.10. The highest BCUT2D eigenvalue weighted by atomic mass is 16.6. The molecule has 3 rings (SSSR count). The highest BCUT2D eigenvalue weighted by molar-refractivity contribution is 5.78. The van der Waals surface area contributed by atoms with Gasteiger partial charge in [-0.05, 0) is 51.0 Å². The zero-order chi connectivity index (χ0) is 20.1. The number of nitrogens with zero attached hydrogens (tertiary/aromatic N) is 1. The van der Waals surface area contributed by atoms with Gasteiger partial charge in [-0.15, -0.1) is 0 Å². The maximum atomic E-state index is 12.5. The summed E-state index contributed by atoms with van der Waals surface area (Å²) in [5, 5.41) is 4.60. The summed E-state index contributed by atoms with van der Waals surface area (Å²) in [5.74, 6) is -0.232. The number of hydrogen-bond donors (Lipinski definition) is 1. The van der Waals surface area contributed by atoms with E-state index in [0.29, 0.717) is 6.54 Å². The number of esters is 1. The second-order valence-corrected chi connectivity index (χ2v) is 8.08. The van der Waals surface area contributed by atoms with Crippen molar-refractivity contribution in [2.45, 2.75) is 52.3 Å². The molecule has 4 heteroatoms. The van der Waals surface area contributed by atoms with Crippen LogP contribution in [0.3, 0.4) is 0 Å². The number of hydrogen-bond acceptors (Lipinski definition) is 4. The van der Waals surface area contributed by atoms with Gasteiger partial charge in [0.1, 0.15) is 5.60 Å². The van der Waals surface area contributed by atoms with Crippen molar-refractivity contribution in [1.29, 1.82) is 0 Å². The van der Waals surface area contributed by atoms with Crippen molar-refractivity contribution in [3.05, 3.63) is 77.5 Å². The lowest BCUT2D eigenvalue weighted by molar-refractivity contribution is -0.155. The minimum atomic E-state index is -0.505. The molecule has 0 spiro atoms. The van der Waals surface area contributed by atoms with Gasteiger partial charge in [-0.3, -0.25) is 9.78 Å². The monoisotopic (exact) mass is 376 g/mol. The third-order valence-electron chi connectivity index (χ3n) is 4.57. The molecule has 0 aliphatic rings. The summed E-state index contributed by atoms with van der Waals surface area (Å²) in [4.78, 5) is 17.3. The maximum Gasteiger partial charge on any atom is 0.308 e. The molecule has 1 N–H and O–H groups in total. The fourth-order valence-corrected chi connectivity index (χ4v) is 3.15. The Morgan fingerprint density at radius 1 is 1.04 bits per heavy atom. The van der Waals surface area contributed by atoms with Gasteiger partial charge in [0.05, 0.1) is 23.7 Å². The van der Waals surface area contributed by atoms with Crippen molar-refractivity contribution in [2.75, 3.05) is 0 Å². The number of carbonyl (C=O) groups is 1. The Bertz CT molecular complexity index is 960. The third kappa shape index (κ3) is 5.40. The van der Waals surface area contributed by atoms with E-state index in [-0.39, 0.29) is 18.4 Å². The lowest BCUT2D eigenvalue weighted by Gasteiger charge is -2.23. The second kappa shape index (κ2) is 8.53. The number of nitrogens with one attached hydrogen (secondary N) is 1. The largest absolute Gasteiger partial charge is 0.460 e. The first-order valence-electron chi connectivity index (χ1n) is 9.67. The minimum Gasteiger partial charge on any atom is -0.460 e. The van der Waals surface area contributed by atoms with E-state index >= 15 is 0 Å². The van der Waals surface area contributed by atoms with Crippen molar-refractivity contribution in [3.63, 3.8) is 0 Å². The van der Waals surface area contributed by atoms with Gasteiger partial charge in [-0.25, -0.2) is 0 Å². The molecule has 1 unspecified atom stereocenters. The number of aryl methyl sites for hydroxylation is 1. The number of ether oxygens (including phenoxy) is 1. The summed E-state index contributed by atoms with van der Waals surface area (Å²) in [5.41, 5.74) is 3.69. The zero-order valence-corrected chi connectivity index (χ0v) is 17.0. The van der Waals surface area contributed by atoms with Gasteiger partial charge >= 0.3 is 5.97 Å². The first-order valence-corrected chi connectivity index (χ1v) is 9.67. The van der Waals surface area contributed by atoms with E-state index in [0.717, 1.165) is 16.6 Å². The number of rotatable bonds is 6. The third-order valence-corrected chi connectivity index (χ3v) is 4.57. The van der Waals surface area contributed by atoms with Crippen molar-refractivity contribution in [3.8, 4) is 0 Å². The van der Waals surface area contributed by atoms with Crippen LogP contribution in [0.5, 0.6) is 0 Å². The van der Waals surface area contributed by atoms with Crippen LogP contribution in [0.25, 0.3) is 10.9 Å². The molecule has 2 aromatic carbocycles. The van der Waals surface area contributed by atoms with Gasteiger partial charge in [0.25, 0.3) is 0 Å². The van der Waals surface area contributed by atoms with Crippen molar-refractivity contribution in [2.24, 2.45) is 0 Å². The first kappa shape index (κ1) is 20.0. The Balaban J connectivity index is 1.84. The number of carbonyl (C=O) groups excluding carboxylic acids is 1. The zero-order valence-electron chi connectivity index (χ0n) is 17.0. The number of benzene rings is 2. The van der Waals surface area contributed by atoms with Crippen molar-refractivity contribution in [1.82, 2.24) is 10.3 Å². The number of pyridine rings is 1. The predicted octanol–water partition coefficient (Wildman–Crippen LogP) is 5.11. The van der Waals surface area contributed by atoms with Gasteiger partial charge in [-0.1, -0.05) is 48.5 Å². The fourth-order valence-electron chi connectivity index (χ4n) is 3.15. The average Bonchev–Trinajstić information content (AvgIpc) is 2.64. The lowest BCUT2D eigenvalue weighted by Crippen LogP contribution is -2.29. The smallest absolute Gasteiger partial charge is 0.308 e. The van der Waals surface area contributed by atoms with E-state index in [2.05, 4.69) is 30.4 Å². The fraction of sp³-hybridized carbons (Fsp3) is 0.333. The molecular formula is C24H28N2O2. The normalized spacial score (nSPS) is 12.7. The van der Waals surface area contributed by atoms with Gasteiger partial charge in [0.2, 0.25) is 0 Å². The highest BCUT2D eigenvalue weighted by Gasteiger charge is 2.22. The first-order chi connectivity index (χ1) is 13.3. The van der Waals surface area contributed by atoms with Crippen LogP contribution >= 0.6 is 0 Å². The molecule has 28 heavy (non-hydrogen) atoms. The number of fused-ring (bicyclic) bond motifs is 1. The molecule has 1 aromatic heterocycles. The molecule has 0 aliphatic carbocycles. The second-order valence-electron chi connectivity index (χ2n) is 8.08. The average molecular weight is 377 g/mol. The quantitative estimate of drug-likeness (QED) is 0.608. The van der Waals surface area contributed by atoms with Crippen LogP contribution in [0.2, 0.25) is 0 Å². The summed E-state index contributed by atoms with van der Waals surface area (Å²) in [6.45, 7) is 8.40. The van der Waals surface area contributed by atoms with Gasteiger partial charge in [0, 0.05) is 11.9 Å². The minimum absolute atomic E-state index is 0.223. The molecule has 0 amide bonds. The van der Waals surface area contributed by atoms with Crippen molar-refractivity contribution < 1.29 is 9.53 Å². The van der Waals surface area contributed by atoms with Gasteiger partial charge < -0.3 is 10.1 Å². The molecule has 0 radical (unpaired) electrons. The van der Waals surface area contributed by atoms with E-state index in [1.165, 1.54) is 11.1 Å². The summed E-state index contributed by atoms with van der Waals surface area (Å²) >= 11 is 0. The number of aromatic nitrogens is 1. The summed E-state index contributed by atoms with van der Waals surface area (Å²) in [7, 11) is 0. The summed E-state index contributed by atoms with van der Waals surface area (Å²) < 4.78 is 5.55. The topological polar surface area (TPSA) is 51.2 Å². The van der Waals surface area contributed by atoms with Crippen LogP contribution in [-0.2, 0) is 16.1 Å². The molecule has 0 saturated heterocycles. The molecule has 0 fully saturated rings. The molecule has 146 valence electrons. The summed E-state index contributed by atoms with van der Waals surface area (Å²) in [6, 6.07) is 20.1. The van der Waals surface area contributed by atoms with Crippen LogP contribution in [0.15, 0.2) is 60.7 Å². The van der Waals surface area contributed by atoms with Crippen LogP contribution in [0.4, 0.5) is 0 Å². The SMILES string of the molecule is Cc1ccccc1CNC(CC(=O)OC(C)(C)C)c1ccc2ccccc2n1. The van der Waals surface area contributed by atoms with Crippen molar-refractivity contribution >= 4 is 16.9 Å². The molecule has 0 aliphatic heterocycles. The van der Waals surface area contributed by atoms with E-state index in [9.17, 15) is 4.79 Å². The lowest BCUT2D eigenvalue weighted by atomic mass is 10.1. The van der Waals surface area contributed by atoms with Gasteiger partial charge in [-0.2, -0.15) is 0 Å². The molecule has 3 aromatic rings.